The van der Waals surface area contributed by atoms with Crippen LogP contribution in [0.2, 0.25) is 0 Å². The standard InChI is InChI=1S/C12H20N2O/c1-15-11-3-2-6-12(7-11,9-13)14-8-10-4-5-10/h10-11,14H,2-8H2,1H3. The van der Waals surface area contributed by atoms with Gasteiger partial charge in [-0.25, -0.2) is 0 Å². The van der Waals surface area contributed by atoms with E-state index >= 15 is 0 Å². The average molecular weight is 208 g/mol. The second-order valence-electron chi connectivity index (χ2n) is 4.97. The van der Waals surface area contributed by atoms with Crippen molar-refractivity contribution in [3.63, 3.8) is 0 Å². The third-order valence-corrected chi connectivity index (χ3v) is 3.68. The van der Waals surface area contributed by atoms with E-state index in [4.69, 9.17) is 4.74 Å². The van der Waals surface area contributed by atoms with Gasteiger partial charge in [-0.15, -0.1) is 0 Å². The molecule has 15 heavy (non-hydrogen) atoms. The van der Waals surface area contributed by atoms with E-state index in [9.17, 15) is 5.26 Å². The molecule has 2 aliphatic rings. The largest absolute Gasteiger partial charge is 0.381 e. The monoisotopic (exact) mass is 208 g/mol. The summed E-state index contributed by atoms with van der Waals surface area (Å²) in [7, 11) is 1.75. The first-order chi connectivity index (χ1) is 7.28. The maximum atomic E-state index is 9.32. The lowest BCUT2D eigenvalue weighted by molar-refractivity contribution is 0.0448. The molecule has 0 aromatic heterocycles. The predicted molar refractivity (Wildman–Crippen MR) is 58.3 cm³/mol. The first-order valence-electron chi connectivity index (χ1n) is 5.97. The highest BCUT2D eigenvalue weighted by Crippen LogP contribution is 2.32. The molecule has 0 spiro atoms. The van der Waals surface area contributed by atoms with E-state index in [1.807, 2.05) is 0 Å². The van der Waals surface area contributed by atoms with Crippen LogP contribution < -0.4 is 5.32 Å². The van der Waals surface area contributed by atoms with Crippen molar-refractivity contribution in [2.24, 2.45) is 5.92 Å². The summed E-state index contributed by atoms with van der Waals surface area (Å²) in [6.45, 7) is 1.02. The van der Waals surface area contributed by atoms with Crippen LogP contribution >= 0.6 is 0 Å². The Hall–Kier alpha value is -0.590. The van der Waals surface area contributed by atoms with Gasteiger partial charge in [0.2, 0.25) is 0 Å². The fourth-order valence-corrected chi connectivity index (χ4v) is 2.39. The van der Waals surface area contributed by atoms with E-state index in [0.29, 0.717) is 0 Å². The number of methoxy groups -OCH3 is 1. The van der Waals surface area contributed by atoms with Crippen LogP contribution in [0, 0.1) is 17.2 Å². The molecule has 3 heteroatoms. The highest BCUT2D eigenvalue weighted by atomic mass is 16.5. The van der Waals surface area contributed by atoms with Gasteiger partial charge < -0.3 is 4.74 Å². The molecule has 2 unspecified atom stereocenters. The fourth-order valence-electron chi connectivity index (χ4n) is 2.39. The van der Waals surface area contributed by atoms with Crippen molar-refractivity contribution in [1.82, 2.24) is 5.32 Å². The second kappa shape index (κ2) is 4.51. The van der Waals surface area contributed by atoms with Gasteiger partial charge in [-0.3, -0.25) is 5.32 Å². The summed E-state index contributed by atoms with van der Waals surface area (Å²) in [6, 6.07) is 2.47. The molecular formula is C12H20N2O. The van der Waals surface area contributed by atoms with Gasteiger partial charge in [-0.2, -0.15) is 5.26 Å². The minimum absolute atomic E-state index is 0.269. The van der Waals surface area contributed by atoms with Crippen LogP contribution in [0.3, 0.4) is 0 Å². The third kappa shape index (κ3) is 2.70. The van der Waals surface area contributed by atoms with E-state index in [2.05, 4.69) is 11.4 Å². The number of hydrogen-bond acceptors (Lipinski definition) is 3. The molecule has 0 radical (unpaired) electrons. The SMILES string of the molecule is COC1CCCC(C#N)(NCC2CC2)C1. The van der Waals surface area contributed by atoms with Crippen molar-refractivity contribution >= 4 is 0 Å². The van der Waals surface area contributed by atoms with Crippen LogP contribution in [0.1, 0.15) is 38.5 Å². The third-order valence-electron chi connectivity index (χ3n) is 3.68. The fraction of sp³-hybridized carbons (Fsp3) is 0.917. The van der Waals surface area contributed by atoms with E-state index in [1.54, 1.807) is 7.11 Å². The van der Waals surface area contributed by atoms with E-state index in [-0.39, 0.29) is 11.6 Å². The summed E-state index contributed by atoms with van der Waals surface area (Å²) in [5, 5.41) is 12.8. The molecular weight excluding hydrogens is 188 g/mol. The van der Waals surface area contributed by atoms with Crippen molar-refractivity contribution in [1.29, 1.82) is 5.26 Å². The number of nitrogens with one attached hydrogen (secondary N) is 1. The Morgan fingerprint density at radius 3 is 2.87 bits per heavy atom. The number of rotatable bonds is 4. The van der Waals surface area contributed by atoms with E-state index in [0.717, 1.165) is 38.1 Å². The van der Waals surface area contributed by atoms with Gasteiger partial charge in [0, 0.05) is 13.5 Å². The molecule has 84 valence electrons. The van der Waals surface area contributed by atoms with Crippen LogP contribution in [0.15, 0.2) is 0 Å². The average Bonchev–Trinajstić information content (AvgIpc) is 3.10. The number of hydrogen-bond donors (Lipinski definition) is 1. The molecule has 2 rings (SSSR count). The highest BCUT2D eigenvalue weighted by molar-refractivity contribution is 5.10. The van der Waals surface area contributed by atoms with Gasteiger partial charge >= 0.3 is 0 Å². The smallest absolute Gasteiger partial charge is 0.109 e. The highest BCUT2D eigenvalue weighted by Gasteiger charge is 2.37. The molecule has 3 nitrogen and oxygen atoms in total. The Morgan fingerprint density at radius 1 is 1.47 bits per heavy atom. The van der Waals surface area contributed by atoms with Gasteiger partial charge in [0.25, 0.3) is 0 Å². The molecule has 0 bridgehead atoms. The molecule has 2 saturated carbocycles. The molecule has 1 N–H and O–H groups in total. The van der Waals surface area contributed by atoms with Gasteiger partial charge in [0.15, 0.2) is 0 Å². The Kier molecular flexibility index (Phi) is 3.28. The summed E-state index contributed by atoms with van der Waals surface area (Å²) < 4.78 is 5.38. The topological polar surface area (TPSA) is 45.0 Å². The van der Waals surface area contributed by atoms with Gasteiger partial charge in [-0.05, 0) is 44.6 Å². The molecule has 0 amide bonds. The lowest BCUT2D eigenvalue weighted by Crippen LogP contribution is -2.49. The molecule has 2 fully saturated rings. The lowest BCUT2D eigenvalue weighted by atomic mass is 9.81. The minimum Gasteiger partial charge on any atom is -0.381 e. The number of nitriles is 1. The zero-order valence-electron chi connectivity index (χ0n) is 9.46. The molecule has 0 heterocycles. The summed E-state index contributed by atoms with van der Waals surface area (Å²) in [5.74, 6) is 0.832. The summed E-state index contributed by atoms with van der Waals surface area (Å²) in [5.41, 5.74) is -0.304. The van der Waals surface area contributed by atoms with Gasteiger partial charge in [-0.1, -0.05) is 0 Å². The first-order valence-corrected chi connectivity index (χ1v) is 5.97. The predicted octanol–water partition coefficient (Wildman–Crippen LogP) is 1.84. The summed E-state index contributed by atoms with van der Waals surface area (Å²) >= 11 is 0. The summed E-state index contributed by atoms with van der Waals surface area (Å²) in [6.07, 6.45) is 6.98. The Balaban J connectivity index is 1.90. The van der Waals surface area contributed by atoms with Crippen molar-refractivity contribution in [3.8, 4) is 6.07 Å². The van der Waals surface area contributed by atoms with Crippen molar-refractivity contribution < 1.29 is 4.74 Å². The molecule has 2 aliphatic carbocycles. The maximum Gasteiger partial charge on any atom is 0.109 e. The maximum absolute atomic E-state index is 9.32. The normalized spacial score (nSPS) is 36.1. The van der Waals surface area contributed by atoms with Crippen LogP contribution in [-0.2, 0) is 4.74 Å². The van der Waals surface area contributed by atoms with E-state index < -0.39 is 0 Å². The molecule has 0 aromatic carbocycles. The number of ether oxygens (including phenoxy) is 1. The Labute approximate surface area is 91.8 Å². The molecule has 0 aliphatic heterocycles. The first kappa shape index (κ1) is 10.9. The molecule has 0 aromatic rings. The second-order valence-corrected chi connectivity index (χ2v) is 4.97. The van der Waals surface area contributed by atoms with Gasteiger partial charge in [0.1, 0.15) is 5.54 Å². The molecule has 2 atom stereocenters. The molecule has 0 saturated heterocycles. The van der Waals surface area contributed by atoms with Crippen LogP contribution in [-0.4, -0.2) is 25.3 Å². The number of nitrogens with zero attached hydrogens (tertiary/aromatic N) is 1. The van der Waals surface area contributed by atoms with E-state index in [1.165, 1.54) is 12.8 Å². The summed E-state index contributed by atoms with van der Waals surface area (Å²) in [4.78, 5) is 0. The zero-order valence-corrected chi connectivity index (χ0v) is 9.46. The van der Waals surface area contributed by atoms with Crippen LogP contribution in [0.25, 0.3) is 0 Å². The Bertz CT molecular complexity index is 257. The van der Waals surface area contributed by atoms with Crippen LogP contribution in [0.4, 0.5) is 0 Å². The van der Waals surface area contributed by atoms with Crippen molar-refractivity contribution in [2.45, 2.75) is 50.2 Å². The minimum atomic E-state index is -0.304. The van der Waals surface area contributed by atoms with Crippen molar-refractivity contribution in [3.05, 3.63) is 0 Å². The van der Waals surface area contributed by atoms with Gasteiger partial charge in [0.05, 0.1) is 12.2 Å². The quantitative estimate of drug-likeness (QED) is 0.766. The van der Waals surface area contributed by atoms with Crippen molar-refractivity contribution in [2.75, 3.05) is 13.7 Å². The van der Waals surface area contributed by atoms with Crippen LogP contribution in [0.5, 0.6) is 0 Å². The lowest BCUT2D eigenvalue weighted by Gasteiger charge is -2.36. The Morgan fingerprint density at radius 2 is 2.27 bits per heavy atom. The zero-order chi connectivity index (χ0) is 10.7.